The Morgan fingerprint density at radius 1 is 1.17 bits per heavy atom. The van der Waals surface area contributed by atoms with Crippen LogP contribution in [0.25, 0.3) is 0 Å². The summed E-state index contributed by atoms with van der Waals surface area (Å²) in [5.74, 6) is -0.168. The van der Waals surface area contributed by atoms with E-state index in [1.54, 1.807) is 24.5 Å². The van der Waals surface area contributed by atoms with Gasteiger partial charge in [-0.3, -0.25) is 9.78 Å². The molecule has 1 aromatic heterocycles. The Kier molecular flexibility index (Phi) is 5.11. The monoisotopic (exact) mass is 322 g/mol. The second kappa shape index (κ2) is 7.64. The molecule has 1 amide bonds. The first-order valence-corrected chi connectivity index (χ1v) is 8.22. The lowest BCUT2D eigenvalue weighted by Crippen LogP contribution is -2.17. The maximum atomic E-state index is 12.4. The smallest absolute Gasteiger partial charge is 0.257 e. The van der Waals surface area contributed by atoms with Crippen LogP contribution in [0, 0.1) is 0 Å². The molecule has 0 radical (unpaired) electrons. The van der Waals surface area contributed by atoms with Crippen LogP contribution < -0.4 is 15.5 Å². The molecule has 0 saturated carbocycles. The molecule has 2 aromatic rings. The normalized spacial score (nSPS) is 13.6. The van der Waals surface area contributed by atoms with E-state index in [-0.39, 0.29) is 5.91 Å². The molecule has 1 aliphatic rings. The molecule has 0 bridgehead atoms. The zero-order valence-corrected chi connectivity index (χ0v) is 13.7. The van der Waals surface area contributed by atoms with Gasteiger partial charge >= 0.3 is 0 Å². The highest BCUT2D eigenvalue weighted by molar-refractivity contribution is 6.04. The van der Waals surface area contributed by atoms with Crippen molar-refractivity contribution in [3.8, 4) is 0 Å². The summed E-state index contributed by atoms with van der Waals surface area (Å²) >= 11 is 0. The van der Waals surface area contributed by atoms with Gasteiger partial charge in [-0.2, -0.15) is 0 Å². The van der Waals surface area contributed by atoms with E-state index in [2.05, 4.69) is 39.2 Å². The molecule has 3 rings (SSSR count). The van der Waals surface area contributed by atoms with E-state index in [4.69, 9.17) is 0 Å². The molecular formula is C19H22N4O. The van der Waals surface area contributed by atoms with Gasteiger partial charge in [0.2, 0.25) is 0 Å². The van der Waals surface area contributed by atoms with Crippen molar-refractivity contribution in [1.82, 2.24) is 4.98 Å². The predicted octanol–water partition coefficient (Wildman–Crippen LogP) is 3.53. The highest BCUT2D eigenvalue weighted by atomic mass is 16.1. The maximum Gasteiger partial charge on any atom is 0.257 e. The van der Waals surface area contributed by atoms with E-state index < -0.39 is 0 Å². The Balaban J connectivity index is 1.64. The minimum atomic E-state index is -0.168. The lowest BCUT2D eigenvalue weighted by atomic mass is 10.2. The lowest BCUT2D eigenvalue weighted by molar-refractivity contribution is 0.102. The molecule has 2 N–H and O–H groups in total. The number of amides is 1. The zero-order chi connectivity index (χ0) is 16.8. The third kappa shape index (κ3) is 3.93. The number of carbonyl (C=O) groups excluding carboxylic acids is 1. The summed E-state index contributed by atoms with van der Waals surface area (Å²) in [4.78, 5) is 18.8. The number of carbonyl (C=O) groups is 1. The number of nitrogens with one attached hydrogen (secondary N) is 2. The van der Waals surface area contributed by atoms with E-state index in [0.717, 1.165) is 24.5 Å². The fourth-order valence-electron chi connectivity index (χ4n) is 2.78. The van der Waals surface area contributed by atoms with Gasteiger partial charge in [-0.05, 0) is 43.2 Å². The van der Waals surface area contributed by atoms with Crippen LogP contribution >= 0.6 is 0 Å². The second-order valence-electron chi connectivity index (χ2n) is 5.83. The van der Waals surface area contributed by atoms with E-state index in [1.165, 1.54) is 18.5 Å². The van der Waals surface area contributed by atoms with E-state index >= 15 is 0 Å². The number of hydrogen-bond donors (Lipinski definition) is 2. The second-order valence-corrected chi connectivity index (χ2v) is 5.83. The number of rotatable bonds is 6. The van der Waals surface area contributed by atoms with E-state index in [1.807, 2.05) is 12.1 Å². The predicted molar refractivity (Wildman–Crippen MR) is 98.8 cm³/mol. The molecule has 124 valence electrons. The summed E-state index contributed by atoms with van der Waals surface area (Å²) in [6, 6.07) is 9.78. The van der Waals surface area contributed by atoms with Crippen LogP contribution in [0.15, 0.2) is 55.4 Å². The lowest BCUT2D eigenvalue weighted by Gasteiger charge is -2.17. The fraction of sp³-hybridized carbons (Fsp3) is 0.263. The van der Waals surface area contributed by atoms with Crippen molar-refractivity contribution in [3.05, 3.63) is 60.9 Å². The molecule has 0 aliphatic carbocycles. The molecule has 1 fully saturated rings. The van der Waals surface area contributed by atoms with Crippen LogP contribution in [0.5, 0.6) is 0 Å². The number of benzene rings is 1. The van der Waals surface area contributed by atoms with Crippen molar-refractivity contribution in [2.75, 3.05) is 35.2 Å². The summed E-state index contributed by atoms with van der Waals surface area (Å²) < 4.78 is 0. The van der Waals surface area contributed by atoms with Crippen molar-refractivity contribution < 1.29 is 4.79 Å². The molecule has 1 aromatic carbocycles. The van der Waals surface area contributed by atoms with Gasteiger partial charge in [-0.25, -0.2) is 0 Å². The molecule has 1 saturated heterocycles. The van der Waals surface area contributed by atoms with Gasteiger partial charge in [0.15, 0.2) is 0 Å². The Labute approximate surface area is 142 Å². The number of aromatic nitrogens is 1. The molecule has 0 atom stereocenters. The van der Waals surface area contributed by atoms with Crippen LogP contribution in [-0.4, -0.2) is 30.5 Å². The van der Waals surface area contributed by atoms with E-state index in [0.29, 0.717) is 12.1 Å². The summed E-state index contributed by atoms with van der Waals surface area (Å²) in [6.07, 6.45) is 7.51. The van der Waals surface area contributed by atoms with Crippen LogP contribution in [0.4, 0.5) is 17.1 Å². The van der Waals surface area contributed by atoms with Crippen LogP contribution in [0.1, 0.15) is 23.2 Å². The number of pyridine rings is 1. The highest BCUT2D eigenvalue weighted by Crippen LogP contribution is 2.22. The van der Waals surface area contributed by atoms with Gasteiger partial charge in [-0.1, -0.05) is 6.08 Å². The Bertz CT molecular complexity index is 706. The minimum Gasteiger partial charge on any atom is -0.380 e. The number of anilines is 3. The Morgan fingerprint density at radius 2 is 1.92 bits per heavy atom. The number of hydrogen-bond acceptors (Lipinski definition) is 4. The van der Waals surface area contributed by atoms with Gasteiger partial charge < -0.3 is 15.5 Å². The average molecular weight is 322 g/mol. The number of nitrogens with zero attached hydrogens (tertiary/aromatic N) is 2. The maximum absolute atomic E-state index is 12.4. The average Bonchev–Trinajstić information content (AvgIpc) is 3.15. The molecule has 0 spiro atoms. The minimum absolute atomic E-state index is 0.168. The summed E-state index contributed by atoms with van der Waals surface area (Å²) in [7, 11) is 0. The molecule has 0 unspecified atom stereocenters. The quantitative estimate of drug-likeness (QED) is 0.799. The summed E-state index contributed by atoms with van der Waals surface area (Å²) in [5.41, 5.74) is 3.31. The first-order chi connectivity index (χ1) is 11.8. The first-order valence-electron chi connectivity index (χ1n) is 8.22. The van der Waals surface area contributed by atoms with Crippen LogP contribution in [-0.2, 0) is 0 Å². The topological polar surface area (TPSA) is 57.3 Å². The fourth-order valence-corrected chi connectivity index (χ4v) is 2.78. The molecule has 1 aliphatic heterocycles. The molecular weight excluding hydrogens is 300 g/mol. The van der Waals surface area contributed by atoms with Gasteiger partial charge in [0.1, 0.15) is 0 Å². The van der Waals surface area contributed by atoms with Gasteiger partial charge in [-0.15, -0.1) is 6.58 Å². The largest absolute Gasteiger partial charge is 0.380 e. The summed E-state index contributed by atoms with van der Waals surface area (Å²) in [6.45, 7) is 6.51. The Hall–Kier alpha value is -2.82. The third-order valence-corrected chi connectivity index (χ3v) is 4.05. The van der Waals surface area contributed by atoms with Crippen LogP contribution in [0.2, 0.25) is 0 Å². The van der Waals surface area contributed by atoms with Gasteiger partial charge in [0, 0.05) is 43.4 Å². The van der Waals surface area contributed by atoms with Crippen molar-refractivity contribution in [2.24, 2.45) is 0 Å². The van der Waals surface area contributed by atoms with E-state index in [9.17, 15) is 4.79 Å². The third-order valence-electron chi connectivity index (χ3n) is 4.05. The van der Waals surface area contributed by atoms with Crippen molar-refractivity contribution in [3.63, 3.8) is 0 Å². The molecule has 2 heterocycles. The van der Waals surface area contributed by atoms with Crippen LogP contribution in [0.3, 0.4) is 0 Å². The first kappa shape index (κ1) is 16.1. The standard InChI is InChI=1S/C19H22N4O/c1-2-9-21-17-12-15(13-20-14-17)19(24)22-16-5-7-18(8-6-16)23-10-3-4-11-23/h2,5-8,12-14,21H,1,3-4,9-11H2,(H,22,24). The SMILES string of the molecule is C=CCNc1cncc(C(=O)Nc2ccc(N3CCCC3)cc2)c1. The van der Waals surface area contributed by atoms with Crippen molar-refractivity contribution in [1.29, 1.82) is 0 Å². The highest BCUT2D eigenvalue weighted by Gasteiger charge is 2.12. The van der Waals surface area contributed by atoms with Crippen molar-refractivity contribution >= 4 is 23.0 Å². The molecule has 24 heavy (non-hydrogen) atoms. The molecule has 5 heteroatoms. The Morgan fingerprint density at radius 3 is 2.62 bits per heavy atom. The zero-order valence-electron chi connectivity index (χ0n) is 13.7. The van der Waals surface area contributed by atoms with Gasteiger partial charge in [0.25, 0.3) is 5.91 Å². The molecule has 5 nitrogen and oxygen atoms in total. The summed E-state index contributed by atoms with van der Waals surface area (Å²) in [5, 5.41) is 6.04. The van der Waals surface area contributed by atoms with Gasteiger partial charge in [0.05, 0.1) is 11.3 Å². The van der Waals surface area contributed by atoms with Crippen molar-refractivity contribution in [2.45, 2.75) is 12.8 Å².